The summed E-state index contributed by atoms with van der Waals surface area (Å²) in [5.74, 6) is 0.282. The van der Waals surface area contributed by atoms with Crippen molar-refractivity contribution in [1.29, 1.82) is 0 Å². The van der Waals surface area contributed by atoms with Gasteiger partial charge < -0.3 is 19.3 Å². The average Bonchev–Trinajstić information content (AvgIpc) is 2.82. The molecule has 0 bridgehead atoms. The molecule has 1 aliphatic rings. The van der Waals surface area contributed by atoms with E-state index in [4.69, 9.17) is 9.47 Å². The second-order valence-electron chi connectivity index (χ2n) is 7.58. The molecule has 3 aromatic carbocycles. The van der Waals surface area contributed by atoms with Gasteiger partial charge in [-0.05, 0) is 40.6 Å². The van der Waals surface area contributed by atoms with Crippen molar-refractivity contribution in [1.82, 2.24) is 4.90 Å². The average molecular weight is 418 g/mol. The Morgan fingerprint density at radius 2 is 1.58 bits per heavy atom. The Kier molecular flexibility index (Phi) is 6.36. The highest BCUT2D eigenvalue weighted by molar-refractivity contribution is 5.85. The molecule has 1 heterocycles. The summed E-state index contributed by atoms with van der Waals surface area (Å²) in [6, 6.07) is 21.8. The molecular formula is C25H26N2O4. The van der Waals surface area contributed by atoms with E-state index in [1.165, 1.54) is 0 Å². The van der Waals surface area contributed by atoms with Gasteiger partial charge in [0.15, 0.2) is 6.61 Å². The number of benzene rings is 3. The number of methoxy groups -OCH3 is 1. The zero-order valence-electron chi connectivity index (χ0n) is 17.6. The molecule has 0 saturated carbocycles. The maximum atomic E-state index is 12.5. The van der Waals surface area contributed by atoms with E-state index in [0.29, 0.717) is 13.1 Å². The summed E-state index contributed by atoms with van der Waals surface area (Å²) >= 11 is 0. The second-order valence-corrected chi connectivity index (χ2v) is 7.58. The number of amides is 1. The number of carbonyl (C=O) groups is 2. The highest BCUT2D eigenvalue weighted by atomic mass is 16.5. The van der Waals surface area contributed by atoms with Gasteiger partial charge in [-0.2, -0.15) is 0 Å². The fourth-order valence-corrected chi connectivity index (χ4v) is 3.81. The predicted molar refractivity (Wildman–Crippen MR) is 120 cm³/mol. The third-order valence-corrected chi connectivity index (χ3v) is 5.59. The molecule has 0 unspecified atom stereocenters. The Hall–Kier alpha value is -3.54. The summed E-state index contributed by atoms with van der Waals surface area (Å²) in [6.07, 6.45) is 0.156. The summed E-state index contributed by atoms with van der Waals surface area (Å²) in [6.45, 7) is 2.47. The smallest absolute Gasteiger partial charge is 0.310 e. The number of fused-ring (bicyclic) bond motifs is 1. The lowest BCUT2D eigenvalue weighted by Crippen LogP contribution is -2.49. The summed E-state index contributed by atoms with van der Waals surface area (Å²) in [4.78, 5) is 28.7. The van der Waals surface area contributed by atoms with Crippen molar-refractivity contribution in [2.45, 2.75) is 6.42 Å². The molecule has 1 amide bonds. The van der Waals surface area contributed by atoms with Crippen molar-refractivity contribution in [3.63, 3.8) is 0 Å². The van der Waals surface area contributed by atoms with E-state index in [1.807, 2.05) is 66.7 Å². The molecule has 1 aliphatic heterocycles. The van der Waals surface area contributed by atoms with Crippen LogP contribution < -0.4 is 9.64 Å². The summed E-state index contributed by atoms with van der Waals surface area (Å²) in [5, 5.41) is 2.21. The number of nitrogens with zero attached hydrogens (tertiary/aromatic N) is 2. The molecule has 6 nitrogen and oxygen atoms in total. The van der Waals surface area contributed by atoms with Crippen LogP contribution in [0.15, 0.2) is 66.7 Å². The van der Waals surface area contributed by atoms with Crippen LogP contribution >= 0.6 is 0 Å². The van der Waals surface area contributed by atoms with Crippen LogP contribution in [0, 0.1) is 0 Å². The monoisotopic (exact) mass is 418 g/mol. The first-order chi connectivity index (χ1) is 15.1. The quantitative estimate of drug-likeness (QED) is 0.575. The molecule has 0 N–H and O–H groups in total. The number of esters is 1. The van der Waals surface area contributed by atoms with Crippen molar-refractivity contribution >= 4 is 28.3 Å². The van der Waals surface area contributed by atoms with Crippen LogP contribution in [-0.2, 0) is 20.7 Å². The zero-order chi connectivity index (χ0) is 21.6. The molecule has 0 aromatic heterocycles. The lowest BCUT2D eigenvalue weighted by atomic mass is 10.1. The topological polar surface area (TPSA) is 59.1 Å². The highest BCUT2D eigenvalue weighted by Gasteiger charge is 2.22. The minimum atomic E-state index is -0.388. The normalized spacial score (nSPS) is 13.8. The van der Waals surface area contributed by atoms with Crippen LogP contribution in [0.1, 0.15) is 5.56 Å². The number of carbonyl (C=O) groups excluding carboxylic acids is 2. The standard InChI is InChI=1S/C25H26N2O4/c1-30-23-10-8-22(9-11-23)26-12-14-27(15-13-26)24(28)18-31-25(29)17-19-6-7-20-4-2-3-5-21(20)16-19/h2-11,16H,12-15,17-18H2,1H3. The van der Waals surface area contributed by atoms with Gasteiger partial charge in [0.2, 0.25) is 0 Å². The Morgan fingerprint density at radius 3 is 2.29 bits per heavy atom. The van der Waals surface area contributed by atoms with Crippen molar-refractivity contribution in [3.05, 3.63) is 72.3 Å². The molecule has 0 spiro atoms. The van der Waals surface area contributed by atoms with Gasteiger partial charge in [0.05, 0.1) is 13.5 Å². The lowest BCUT2D eigenvalue weighted by Gasteiger charge is -2.36. The van der Waals surface area contributed by atoms with E-state index in [2.05, 4.69) is 4.90 Å². The molecule has 0 atom stereocenters. The van der Waals surface area contributed by atoms with Gasteiger partial charge in [0.1, 0.15) is 5.75 Å². The maximum absolute atomic E-state index is 12.5. The number of ether oxygens (including phenoxy) is 2. The largest absolute Gasteiger partial charge is 0.497 e. The Morgan fingerprint density at radius 1 is 0.871 bits per heavy atom. The van der Waals surface area contributed by atoms with Crippen LogP contribution in [0.4, 0.5) is 5.69 Å². The minimum absolute atomic E-state index is 0.152. The Bertz CT molecular complexity index is 1060. The van der Waals surface area contributed by atoms with Gasteiger partial charge in [-0.1, -0.05) is 42.5 Å². The molecule has 1 fully saturated rings. The van der Waals surface area contributed by atoms with Crippen LogP contribution in [0.3, 0.4) is 0 Å². The summed E-state index contributed by atoms with van der Waals surface area (Å²) in [7, 11) is 1.65. The maximum Gasteiger partial charge on any atom is 0.310 e. The first kappa shape index (κ1) is 20.7. The Balaban J connectivity index is 1.23. The van der Waals surface area contributed by atoms with Gasteiger partial charge in [-0.15, -0.1) is 0 Å². The van der Waals surface area contributed by atoms with Gasteiger partial charge >= 0.3 is 5.97 Å². The van der Waals surface area contributed by atoms with Gasteiger partial charge in [-0.25, -0.2) is 0 Å². The molecule has 1 saturated heterocycles. The van der Waals surface area contributed by atoms with E-state index in [-0.39, 0.29) is 24.9 Å². The van der Waals surface area contributed by atoms with Crippen LogP contribution in [-0.4, -0.2) is 56.7 Å². The van der Waals surface area contributed by atoms with E-state index in [9.17, 15) is 9.59 Å². The van der Waals surface area contributed by atoms with E-state index >= 15 is 0 Å². The number of piperazine rings is 1. The van der Waals surface area contributed by atoms with Crippen LogP contribution in [0.5, 0.6) is 5.75 Å². The van der Waals surface area contributed by atoms with Crippen LogP contribution in [0.25, 0.3) is 10.8 Å². The van der Waals surface area contributed by atoms with Crippen molar-refractivity contribution in [2.75, 3.05) is 44.8 Å². The highest BCUT2D eigenvalue weighted by Crippen LogP contribution is 2.20. The van der Waals surface area contributed by atoms with Crippen molar-refractivity contribution in [3.8, 4) is 5.75 Å². The molecule has 0 radical (unpaired) electrons. The zero-order valence-corrected chi connectivity index (χ0v) is 17.6. The van der Waals surface area contributed by atoms with E-state index < -0.39 is 0 Å². The third kappa shape index (κ3) is 5.15. The van der Waals surface area contributed by atoms with Crippen molar-refractivity contribution in [2.24, 2.45) is 0 Å². The second kappa shape index (κ2) is 9.51. The van der Waals surface area contributed by atoms with Gasteiger partial charge in [-0.3, -0.25) is 9.59 Å². The molecule has 6 heteroatoms. The first-order valence-corrected chi connectivity index (χ1v) is 10.4. The fourth-order valence-electron chi connectivity index (χ4n) is 3.81. The van der Waals surface area contributed by atoms with E-state index in [1.54, 1.807) is 12.0 Å². The first-order valence-electron chi connectivity index (χ1n) is 10.4. The lowest BCUT2D eigenvalue weighted by molar-refractivity contribution is -0.151. The fraction of sp³-hybridized carbons (Fsp3) is 0.280. The molecule has 3 aromatic rings. The SMILES string of the molecule is COc1ccc(N2CCN(C(=O)COC(=O)Cc3ccc4ccccc4c3)CC2)cc1. The van der Waals surface area contributed by atoms with Gasteiger partial charge in [0, 0.05) is 31.9 Å². The molecule has 4 rings (SSSR count). The third-order valence-electron chi connectivity index (χ3n) is 5.59. The predicted octanol–water partition coefficient (Wildman–Crippen LogP) is 3.28. The summed E-state index contributed by atoms with van der Waals surface area (Å²) < 4.78 is 10.4. The molecular weight excluding hydrogens is 392 g/mol. The molecule has 160 valence electrons. The summed E-state index contributed by atoms with van der Waals surface area (Å²) in [5.41, 5.74) is 1.99. The number of hydrogen-bond acceptors (Lipinski definition) is 5. The molecule has 0 aliphatic carbocycles. The molecule has 31 heavy (non-hydrogen) atoms. The van der Waals surface area contributed by atoms with Crippen molar-refractivity contribution < 1.29 is 19.1 Å². The number of hydrogen-bond donors (Lipinski definition) is 0. The van der Waals surface area contributed by atoms with E-state index in [0.717, 1.165) is 40.9 Å². The van der Waals surface area contributed by atoms with Gasteiger partial charge in [0.25, 0.3) is 5.91 Å². The minimum Gasteiger partial charge on any atom is -0.497 e. The number of anilines is 1. The van der Waals surface area contributed by atoms with Crippen LogP contribution in [0.2, 0.25) is 0 Å². The number of rotatable bonds is 6. The Labute approximate surface area is 182 Å².